The second-order valence-corrected chi connectivity index (χ2v) is 41.2. The molecule has 0 radical (unpaired) electrons. The van der Waals surface area contributed by atoms with Crippen molar-refractivity contribution >= 4 is 79.6 Å². The van der Waals surface area contributed by atoms with Crippen LogP contribution in [0.1, 0.15) is 217 Å². The summed E-state index contributed by atoms with van der Waals surface area (Å²) in [5.74, 6) is -4.06. The lowest BCUT2D eigenvalue weighted by atomic mass is 9.83. The Kier molecular flexibility index (Phi) is 34.3. The van der Waals surface area contributed by atoms with Crippen LogP contribution in [0.25, 0.3) is 21.1 Å². The van der Waals surface area contributed by atoms with E-state index in [1.165, 1.54) is 83.3 Å². The fourth-order valence-electron chi connectivity index (χ4n) is 22.6. The molecule has 12 bridgehead atoms. The van der Waals surface area contributed by atoms with E-state index in [0.29, 0.717) is 90.2 Å². The zero-order valence-corrected chi connectivity index (χ0v) is 79.8. The van der Waals surface area contributed by atoms with Gasteiger partial charge >= 0.3 is 42.2 Å². The van der Waals surface area contributed by atoms with Crippen LogP contribution < -0.4 is 21.9 Å². The second-order valence-electron chi connectivity index (χ2n) is 39.1. The van der Waals surface area contributed by atoms with E-state index < -0.39 is 42.1 Å². The Bertz CT molecular complexity index is 4880. The molecule has 0 aliphatic carbocycles. The van der Waals surface area contributed by atoms with Crippen LogP contribution in [0.4, 0.5) is 13.2 Å². The molecule has 16 unspecified atom stereocenters. The molecule has 15 heterocycles. The minimum absolute atomic E-state index is 0.0000548. The summed E-state index contributed by atoms with van der Waals surface area (Å²) in [7, 11) is 13.0. The molecule has 12 aliphatic rings. The lowest BCUT2D eigenvalue weighted by Gasteiger charge is -2.37. The van der Waals surface area contributed by atoms with Crippen LogP contribution in [-0.4, -0.2) is 288 Å². The first-order valence-corrected chi connectivity index (χ1v) is 49.5. The zero-order valence-electron chi connectivity index (χ0n) is 78.1. The van der Waals surface area contributed by atoms with Gasteiger partial charge in [-0.1, -0.05) is 78.9 Å². The molecular weight excluding hydrogens is 1740 g/mol. The standard InChI is InChI=1S/C19H24F3NO4.C19H23NO3S.C18H24N4O2.C18H25NO3.C15H22N2O2S.C12H20N2O2/c1-18(11-24,12-3-7-15(8-4-12)27-19(20,21)22)17(25)26-16-9-13-5-6-14(10-16)23(13)2;1-20-13-6-7-14(20)10-15(9-13)23-19(22)16(11-21)18-8-12-4-2-3-5-17(12)24-18;1-22-12-3-4-13(22)8-14(7-12)24-18(23)15(9-19)11-2-5-16-17(6-11)21-10-20-16;1-12-4-3-5-13(8-12)17(11-20)18(21)22-16-9-14-6-7-15(10-16)19(14)2;1-17-10-4-5-11(17)8-12(7-10)19-15(18)13(9-16)14-3-2-6-20-14;1-8(7-13)12(15)16-11-5-9-3-4-10(6-11)14(9)2/h3-4,7-8,13-14,16,24H,5-6,9-11H2,1-2H3;2-5,8,13-16,21H,6-7,9-11H2,1H3;2,5-6,10,12-15H,3-4,7-9,19H2,1H3,(H,20,21);3-5,8,14-17,20H,6-7,9-11H2,1-2H3;2-3,6,10-13H,4-5,7-9,16H2,1H3;9-11H,1,3-7,13H2,2H3/t13?,14?,16?,18-;;;;;/m1...../s1. The summed E-state index contributed by atoms with van der Waals surface area (Å²) in [5.41, 5.74) is 21.0. The number of nitrogens with one attached hydrogen (secondary N) is 1. The summed E-state index contributed by atoms with van der Waals surface area (Å²) >= 11 is 3.14. The maximum atomic E-state index is 12.8. The highest BCUT2D eigenvalue weighted by Crippen LogP contribution is 2.44. The first-order valence-electron chi connectivity index (χ1n) is 47.9. The van der Waals surface area contributed by atoms with Crippen molar-refractivity contribution in [3.8, 4) is 5.75 Å². The number of aromatic amines is 1. The number of hydrogen-bond donors (Lipinski definition) is 7. The van der Waals surface area contributed by atoms with Gasteiger partial charge in [-0.25, -0.2) is 9.78 Å². The average Bonchev–Trinajstić information content (AvgIpc) is 1.78. The summed E-state index contributed by atoms with van der Waals surface area (Å²) < 4.78 is 76.1. The third-order valence-electron chi connectivity index (χ3n) is 31.0. The van der Waals surface area contributed by atoms with Gasteiger partial charge in [-0.3, -0.25) is 24.0 Å². The predicted molar refractivity (Wildman–Crippen MR) is 505 cm³/mol. The quantitative estimate of drug-likeness (QED) is 0.0168. The van der Waals surface area contributed by atoms with Gasteiger partial charge in [0, 0.05) is 125 Å². The van der Waals surface area contributed by atoms with E-state index >= 15 is 0 Å². The largest absolute Gasteiger partial charge is 0.573 e. The number of carbonyl (C=O) groups excluding carboxylic acids is 6. The molecule has 0 spiro atoms. The number of halogens is 3. The van der Waals surface area contributed by atoms with Gasteiger partial charge in [-0.2, -0.15) is 0 Å². The van der Waals surface area contributed by atoms with Crippen molar-refractivity contribution < 1.29 is 90.4 Å². The van der Waals surface area contributed by atoms with E-state index in [1.807, 2.05) is 97.2 Å². The summed E-state index contributed by atoms with van der Waals surface area (Å²) in [6, 6.07) is 38.8. The van der Waals surface area contributed by atoms with E-state index in [2.05, 4.69) is 93.0 Å². The third kappa shape index (κ3) is 24.6. The molecule has 32 heteroatoms. The van der Waals surface area contributed by atoms with Crippen LogP contribution in [0.15, 0.2) is 133 Å². The lowest BCUT2D eigenvalue weighted by Crippen LogP contribution is -2.46. The van der Waals surface area contributed by atoms with Gasteiger partial charge in [0.1, 0.15) is 65.5 Å². The van der Waals surface area contributed by atoms with Crippen LogP contribution >= 0.6 is 22.7 Å². The van der Waals surface area contributed by atoms with Crippen molar-refractivity contribution in [1.29, 1.82) is 0 Å². The van der Waals surface area contributed by atoms with Crippen molar-refractivity contribution in [2.24, 2.45) is 17.2 Å². The van der Waals surface area contributed by atoms with Gasteiger partial charge in [-0.15, -0.1) is 35.8 Å². The fourth-order valence-corrected chi connectivity index (χ4v) is 24.6. The molecule has 7 aromatic rings. The van der Waals surface area contributed by atoms with E-state index in [1.54, 1.807) is 29.0 Å². The Morgan fingerprint density at radius 3 is 1.27 bits per heavy atom. The maximum absolute atomic E-state index is 12.8. The number of aliphatic hydroxyl groups excluding tert-OH is 3. The number of nitrogens with two attached hydrogens (primary N) is 3. The molecule has 3 aromatic heterocycles. The van der Waals surface area contributed by atoms with Gasteiger partial charge in [0.15, 0.2) is 0 Å². The minimum atomic E-state index is -4.78. The fraction of sp³-hybridized carbons (Fsp3) is 0.614. The first kappa shape index (κ1) is 101. The monoisotopic (exact) mass is 1880 g/mol. The molecule has 133 heavy (non-hydrogen) atoms. The Morgan fingerprint density at radius 2 is 0.880 bits per heavy atom. The summed E-state index contributed by atoms with van der Waals surface area (Å²) in [4.78, 5) is 98.2. The number of aliphatic hydroxyl groups is 3. The highest BCUT2D eigenvalue weighted by Gasteiger charge is 2.48. The summed E-state index contributed by atoms with van der Waals surface area (Å²) in [6.07, 6.45) is 22.1. The number of aryl methyl sites for hydroxylation is 1. The van der Waals surface area contributed by atoms with Gasteiger partial charge in [0.25, 0.3) is 0 Å². The lowest BCUT2D eigenvalue weighted by molar-refractivity contribution is -0.274. The number of imidazole rings is 1. The Hall–Kier alpha value is -8.32. The molecule has 19 rings (SSSR count). The number of benzene rings is 4. The number of aromatic nitrogens is 2. The summed E-state index contributed by atoms with van der Waals surface area (Å²) in [5, 5.41) is 32.3. The summed E-state index contributed by atoms with van der Waals surface area (Å²) in [6.45, 7) is 6.93. The van der Waals surface area contributed by atoms with E-state index in [4.69, 9.17) is 45.6 Å². The highest BCUT2D eigenvalue weighted by atomic mass is 32.1. The van der Waals surface area contributed by atoms with Crippen LogP contribution in [-0.2, 0) is 62.6 Å². The number of carbonyl (C=O) groups is 6. The molecule has 17 atom stereocenters. The number of esters is 6. The maximum Gasteiger partial charge on any atom is 0.573 e. The van der Waals surface area contributed by atoms with Gasteiger partial charge in [0.2, 0.25) is 0 Å². The number of thiophene rings is 2. The second kappa shape index (κ2) is 45.3. The van der Waals surface area contributed by atoms with Crippen molar-refractivity contribution in [1.82, 2.24) is 39.4 Å². The Morgan fingerprint density at radius 1 is 0.474 bits per heavy atom. The normalized spacial score (nSPS) is 29.4. The van der Waals surface area contributed by atoms with Crippen molar-refractivity contribution in [3.05, 3.63) is 165 Å². The van der Waals surface area contributed by atoms with Gasteiger partial charge in [-0.05, 0) is 267 Å². The minimum Gasteiger partial charge on any atom is -0.462 e. The highest BCUT2D eigenvalue weighted by molar-refractivity contribution is 7.19. The third-order valence-corrected chi connectivity index (χ3v) is 33.2. The van der Waals surface area contributed by atoms with Crippen LogP contribution in [0, 0.1) is 6.92 Å². The van der Waals surface area contributed by atoms with E-state index in [9.17, 15) is 57.3 Å². The molecule has 0 amide bonds. The van der Waals surface area contributed by atoms with Crippen molar-refractivity contribution in [2.75, 3.05) is 81.7 Å². The van der Waals surface area contributed by atoms with Crippen molar-refractivity contribution in [3.63, 3.8) is 0 Å². The van der Waals surface area contributed by atoms with E-state index in [-0.39, 0.29) is 104 Å². The number of nitrogens with zero attached hydrogens (tertiary/aromatic N) is 7. The predicted octanol–water partition coefficient (Wildman–Crippen LogP) is 12.8. The molecule has 10 N–H and O–H groups in total. The molecule has 12 fully saturated rings. The van der Waals surface area contributed by atoms with Crippen molar-refractivity contribution in [2.45, 2.75) is 313 Å². The topological polar surface area (TPSA) is 354 Å². The number of alkyl halides is 3. The SMILES string of the molecule is C=C(CN)C(=O)OC1CC2CCC(C1)N2C.CN1C2CCC1CC(OC(=O)C(CN)c1ccc3nc[nH]c3c1)C2.CN1C2CCC1CC(OC(=O)C(CN)c1cccs1)C2.CN1C2CCC1CC(OC(=O)C(CO)c1cc3ccccc3s1)C2.CN1C2CCC1CC(OC(=O)[C@](C)(CO)c1ccc(OC(F)(F)F)cc1)C2.Cc1cccc(C(CO)C(=O)OC2CC3CCC(C2)N3C)c1. The van der Waals surface area contributed by atoms with Gasteiger partial charge in [0.05, 0.1) is 43.1 Å². The molecule has 4 aromatic carbocycles. The van der Waals surface area contributed by atoms with Gasteiger partial charge < -0.3 is 100 Å². The van der Waals surface area contributed by atoms with Crippen LogP contribution in [0.2, 0.25) is 0 Å². The first-order chi connectivity index (χ1) is 63.8. The smallest absolute Gasteiger partial charge is 0.462 e. The average molecular weight is 1880 g/mol. The number of H-pyrrole nitrogens is 1. The molecule has 12 saturated heterocycles. The number of ether oxygens (including phenoxy) is 7. The number of piperidine rings is 6. The zero-order chi connectivity index (χ0) is 94.7. The molecule has 726 valence electrons. The Balaban J connectivity index is 0.000000129. The number of fused-ring (bicyclic) bond motifs is 14. The molecule has 0 saturated carbocycles. The molecule has 27 nitrogen and oxygen atoms in total. The van der Waals surface area contributed by atoms with Crippen LogP contribution in [0.5, 0.6) is 5.75 Å². The molecular formula is C101H138F3N11O16S2. The number of rotatable bonds is 24. The Labute approximate surface area is 787 Å². The van der Waals surface area contributed by atoms with Crippen LogP contribution in [0.3, 0.4) is 0 Å². The van der Waals surface area contributed by atoms with E-state index in [0.717, 1.165) is 150 Å². The molecule has 12 aliphatic heterocycles. The number of hydrogen-bond acceptors (Lipinski definition) is 28.